The van der Waals surface area contributed by atoms with Gasteiger partial charge >= 0.3 is 6.09 Å². The lowest BCUT2D eigenvalue weighted by molar-refractivity contribution is -0.467. The molecule has 3 rings (SSSR count). The molecular weight excluding hydrogens is 474 g/mol. The van der Waals surface area contributed by atoms with E-state index >= 15 is 0 Å². The molecule has 0 aliphatic carbocycles. The molecule has 0 aromatic heterocycles. The van der Waals surface area contributed by atoms with E-state index in [2.05, 4.69) is 10.6 Å². The van der Waals surface area contributed by atoms with Crippen molar-refractivity contribution in [3.8, 4) is 0 Å². The Morgan fingerprint density at radius 1 is 0.892 bits per heavy atom. The zero-order valence-corrected chi connectivity index (χ0v) is 20.7. The zero-order valence-electron chi connectivity index (χ0n) is 20.7. The maximum absolute atomic E-state index is 13.3. The summed E-state index contributed by atoms with van der Waals surface area (Å²) in [7, 11) is 0. The molecule has 37 heavy (non-hydrogen) atoms. The number of unbranched alkanes of at least 4 members (excludes halogenated alkanes) is 1. The third kappa shape index (κ3) is 8.71. The highest BCUT2D eigenvalue weighted by Gasteiger charge is 2.29. The van der Waals surface area contributed by atoms with Crippen molar-refractivity contribution in [2.24, 2.45) is 0 Å². The number of Topliss-reactive ketones (excluding diaryl/α,β-unsaturated/α-hetero) is 1. The third-order valence-electron chi connectivity index (χ3n) is 5.91. The molecule has 9 heteroatoms. The van der Waals surface area contributed by atoms with Crippen LogP contribution in [0.2, 0.25) is 0 Å². The van der Waals surface area contributed by atoms with E-state index in [0.29, 0.717) is 6.42 Å². The Labute approximate surface area is 215 Å². The van der Waals surface area contributed by atoms with Crippen LogP contribution in [0.5, 0.6) is 0 Å². The van der Waals surface area contributed by atoms with Crippen LogP contribution >= 0.6 is 0 Å². The lowest BCUT2D eigenvalue weighted by Crippen LogP contribution is -2.53. The number of carbonyl (C=O) groups is 3. The summed E-state index contributed by atoms with van der Waals surface area (Å²) < 4.78 is 5.30. The summed E-state index contributed by atoms with van der Waals surface area (Å²) in [5.41, 5.74) is 1.59. The van der Waals surface area contributed by atoms with E-state index in [4.69, 9.17) is 4.74 Å². The van der Waals surface area contributed by atoms with Gasteiger partial charge in [-0.3, -0.25) is 19.7 Å². The summed E-state index contributed by atoms with van der Waals surface area (Å²) >= 11 is 0. The lowest BCUT2D eigenvalue weighted by atomic mass is 10.00. The fourth-order valence-electron chi connectivity index (χ4n) is 3.95. The van der Waals surface area contributed by atoms with Gasteiger partial charge in [-0.05, 0) is 28.3 Å². The highest BCUT2D eigenvalue weighted by molar-refractivity contribution is 5.93. The maximum atomic E-state index is 13.3. The first-order valence-corrected chi connectivity index (χ1v) is 12.3. The van der Waals surface area contributed by atoms with E-state index in [1.54, 1.807) is 0 Å². The number of benzene rings is 3. The van der Waals surface area contributed by atoms with Crippen molar-refractivity contribution in [2.75, 3.05) is 6.54 Å². The van der Waals surface area contributed by atoms with Crippen LogP contribution in [-0.4, -0.2) is 41.3 Å². The predicted octanol–water partition coefficient (Wildman–Crippen LogP) is 4.20. The molecule has 0 spiro atoms. The van der Waals surface area contributed by atoms with Gasteiger partial charge in [0.05, 0.1) is 6.04 Å². The Hall–Kier alpha value is -4.27. The smallest absolute Gasteiger partial charge is 0.408 e. The second-order valence-electron chi connectivity index (χ2n) is 8.80. The number of alkyl carbamates (subject to hydrolysis) is 1. The Bertz CT molecular complexity index is 1230. The molecule has 0 aliphatic rings. The maximum Gasteiger partial charge on any atom is 0.408 e. The highest BCUT2D eigenvalue weighted by atomic mass is 16.6. The van der Waals surface area contributed by atoms with E-state index in [1.807, 2.05) is 79.7 Å². The van der Waals surface area contributed by atoms with Crippen molar-refractivity contribution in [1.82, 2.24) is 10.6 Å². The first-order valence-electron chi connectivity index (χ1n) is 12.3. The number of ketones is 1. The van der Waals surface area contributed by atoms with Crippen LogP contribution in [0, 0.1) is 10.1 Å². The Balaban J connectivity index is 1.77. The van der Waals surface area contributed by atoms with Crippen molar-refractivity contribution in [1.29, 1.82) is 0 Å². The average molecular weight is 506 g/mol. The lowest BCUT2D eigenvalue weighted by Gasteiger charge is -2.22. The normalized spacial score (nSPS) is 12.4. The number of fused-ring (bicyclic) bond motifs is 1. The molecule has 0 saturated heterocycles. The Kier molecular flexibility index (Phi) is 10.1. The molecule has 2 unspecified atom stereocenters. The molecule has 2 atom stereocenters. The first-order chi connectivity index (χ1) is 17.9. The summed E-state index contributed by atoms with van der Waals surface area (Å²) in [6.07, 6.45) is 0.988. The number of rotatable bonds is 13. The predicted molar refractivity (Wildman–Crippen MR) is 140 cm³/mol. The standard InChI is InChI=1S/C28H31N3O6/c1-2-3-13-24(26(32)18-31(35)36)29-27(33)25(30-28(34)37-19-20-9-5-4-6-10-20)17-21-14-15-22-11-7-8-12-23(22)16-21/h4-12,14-16,24-25H,2-3,13,17-19H2,1H3,(H,29,33)(H,30,34). The van der Waals surface area contributed by atoms with Gasteiger partial charge in [-0.1, -0.05) is 92.6 Å². The molecule has 0 fully saturated rings. The van der Waals surface area contributed by atoms with E-state index in [-0.39, 0.29) is 19.4 Å². The minimum absolute atomic E-state index is 0.0252. The summed E-state index contributed by atoms with van der Waals surface area (Å²) in [4.78, 5) is 48.5. The van der Waals surface area contributed by atoms with Gasteiger partial charge < -0.3 is 15.4 Å². The van der Waals surface area contributed by atoms with Crippen molar-refractivity contribution < 1.29 is 24.0 Å². The zero-order chi connectivity index (χ0) is 26.6. The van der Waals surface area contributed by atoms with Crippen LogP contribution in [0.15, 0.2) is 72.8 Å². The number of nitrogens with zero attached hydrogens (tertiary/aromatic N) is 1. The van der Waals surface area contributed by atoms with E-state index < -0.39 is 41.3 Å². The number of ether oxygens (including phenoxy) is 1. The van der Waals surface area contributed by atoms with Gasteiger partial charge in [0.2, 0.25) is 11.7 Å². The molecule has 9 nitrogen and oxygen atoms in total. The van der Waals surface area contributed by atoms with Gasteiger partial charge in [0.25, 0.3) is 6.54 Å². The molecule has 0 aliphatic heterocycles. The van der Waals surface area contributed by atoms with E-state index in [1.165, 1.54) is 0 Å². The van der Waals surface area contributed by atoms with Crippen molar-refractivity contribution >= 4 is 28.6 Å². The molecule has 3 aromatic carbocycles. The van der Waals surface area contributed by atoms with Crippen LogP contribution in [0.25, 0.3) is 10.8 Å². The van der Waals surface area contributed by atoms with Crippen LogP contribution in [0.1, 0.15) is 37.3 Å². The first kappa shape index (κ1) is 27.3. The molecule has 3 aromatic rings. The van der Waals surface area contributed by atoms with Gasteiger partial charge in [0.15, 0.2) is 0 Å². The van der Waals surface area contributed by atoms with Crippen molar-refractivity contribution in [3.05, 3.63) is 94.0 Å². The molecule has 0 saturated carbocycles. The summed E-state index contributed by atoms with van der Waals surface area (Å²) in [5.74, 6) is -1.29. The second kappa shape index (κ2) is 13.7. The van der Waals surface area contributed by atoms with E-state index in [0.717, 1.165) is 28.3 Å². The number of amides is 2. The molecule has 2 N–H and O–H groups in total. The highest BCUT2D eigenvalue weighted by Crippen LogP contribution is 2.17. The fourth-order valence-corrected chi connectivity index (χ4v) is 3.95. The van der Waals surface area contributed by atoms with Gasteiger partial charge in [-0.15, -0.1) is 0 Å². The Morgan fingerprint density at radius 2 is 1.59 bits per heavy atom. The van der Waals surface area contributed by atoms with Gasteiger partial charge in [0, 0.05) is 11.3 Å². The topological polar surface area (TPSA) is 128 Å². The number of nitrogens with one attached hydrogen (secondary N) is 2. The van der Waals surface area contributed by atoms with Crippen LogP contribution in [0.3, 0.4) is 0 Å². The minimum atomic E-state index is -1.06. The fraction of sp³-hybridized carbons (Fsp3) is 0.321. The number of hydrogen-bond donors (Lipinski definition) is 2. The van der Waals surface area contributed by atoms with Crippen molar-refractivity contribution in [3.63, 3.8) is 0 Å². The molecule has 2 amide bonds. The molecule has 0 heterocycles. The van der Waals surface area contributed by atoms with Crippen LogP contribution < -0.4 is 10.6 Å². The molecule has 194 valence electrons. The van der Waals surface area contributed by atoms with Gasteiger partial charge in [-0.2, -0.15) is 0 Å². The molecule has 0 radical (unpaired) electrons. The molecule has 0 bridgehead atoms. The molecular formula is C28H31N3O6. The van der Waals surface area contributed by atoms with Crippen LogP contribution in [0.4, 0.5) is 4.79 Å². The van der Waals surface area contributed by atoms with Crippen LogP contribution in [-0.2, 0) is 27.4 Å². The third-order valence-corrected chi connectivity index (χ3v) is 5.91. The quantitative estimate of drug-likeness (QED) is 0.265. The average Bonchev–Trinajstić information content (AvgIpc) is 2.89. The summed E-state index contributed by atoms with van der Waals surface area (Å²) in [6, 6.07) is 20.5. The summed E-state index contributed by atoms with van der Waals surface area (Å²) in [5, 5.41) is 18.1. The summed E-state index contributed by atoms with van der Waals surface area (Å²) in [6.45, 7) is 1.07. The van der Waals surface area contributed by atoms with E-state index in [9.17, 15) is 24.5 Å². The van der Waals surface area contributed by atoms with Gasteiger partial charge in [0.1, 0.15) is 12.6 Å². The van der Waals surface area contributed by atoms with Gasteiger partial charge in [-0.25, -0.2) is 4.79 Å². The monoisotopic (exact) mass is 505 g/mol. The largest absolute Gasteiger partial charge is 0.445 e. The number of hydrogen-bond acceptors (Lipinski definition) is 6. The SMILES string of the molecule is CCCCC(NC(=O)C(Cc1ccc2ccccc2c1)NC(=O)OCc1ccccc1)C(=O)C[N+](=O)[O-]. The number of carbonyl (C=O) groups excluding carboxylic acids is 3. The Morgan fingerprint density at radius 3 is 2.30 bits per heavy atom. The van der Waals surface area contributed by atoms with Crippen molar-refractivity contribution in [2.45, 2.75) is 51.3 Å². The second-order valence-corrected chi connectivity index (χ2v) is 8.80. The number of nitro groups is 1. The minimum Gasteiger partial charge on any atom is -0.445 e.